The zero-order chi connectivity index (χ0) is 21.8. The maximum absolute atomic E-state index is 12.6. The summed E-state index contributed by atoms with van der Waals surface area (Å²) in [5, 5.41) is 5.46. The second-order valence-corrected chi connectivity index (χ2v) is 6.65. The summed E-state index contributed by atoms with van der Waals surface area (Å²) >= 11 is 0. The number of H-pyrrole nitrogens is 1. The second kappa shape index (κ2) is 8.39. The predicted molar refractivity (Wildman–Crippen MR) is 110 cm³/mol. The molecule has 1 aromatic heterocycles. The highest BCUT2D eigenvalue weighted by atomic mass is 19.4. The van der Waals surface area contributed by atoms with Crippen molar-refractivity contribution in [3.8, 4) is 5.75 Å². The molecule has 0 radical (unpaired) electrons. The molecule has 0 aliphatic rings. The number of carbonyl (C=O) groups excluding carboxylic acids is 1. The fraction of sp³-hybridized carbons (Fsp3) is 0.0909. The number of aromatic nitrogens is 2. The van der Waals surface area contributed by atoms with Gasteiger partial charge in [0.15, 0.2) is 0 Å². The number of halogens is 3. The number of amides is 2. The van der Waals surface area contributed by atoms with Gasteiger partial charge in [-0.05, 0) is 42.0 Å². The molecule has 3 N–H and O–H groups in total. The predicted octanol–water partition coefficient (Wildman–Crippen LogP) is 5.37. The largest absolute Gasteiger partial charge is 0.573 e. The van der Waals surface area contributed by atoms with Gasteiger partial charge in [0.1, 0.15) is 17.6 Å². The van der Waals surface area contributed by atoms with Crippen LogP contribution in [-0.2, 0) is 0 Å². The van der Waals surface area contributed by atoms with Gasteiger partial charge in [0.2, 0.25) is 0 Å². The van der Waals surface area contributed by atoms with Crippen molar-refractivity contribution in [3.05, 3.63) is 90.3 Å². The fourth-order valence-electron chi connectivity index (χ4n) is 3.10. The number of aromatic amines is 1. The summed E-state index contributed by atoms with van der Waals surface area (Å²) in [6.07, 6.45) is -4.78. The number of benzene rings is 3. The van der Waals surface area contributed by atoms with Gasteiger partial charge in [0, 0.05) is 5.69 Å². The highest BCUT2D eigenvalue weighted by molar-refractivity contribution is 5.90. The topological polar surface area (TPSA) is 79.0 Å². The van der Waals surface area contributed by atoms with Crippen LogP contribution in [-0.4, -0.2) is 22.4 Å². The molecule has 0 fully saturated rings. The smallest absolute Gasteiger partial charge is 0.406 e. The van der Waals surface area contributed by atoms with Crippen LogP contribution in [0.15, 0.2) is 78.9 Å². The van der Waals surface area contributed by atoms with Crippen LogP contribution in [0.2, 0.25) is 0 Å². The van der Waals surface area contributed by atoms with Gasteiger partial charge in [-0.3, -0.25) is 0 Å². The summed E-state index contributed by atoms with van der Waals surface area (Å²) in [4.78, 5) is 20.4. The van der Waals surface area contributed by atoms with Crippen molar-refractivity contribution in [2.75, 3.05) is 5.32 Å². The maximum atomic E-state index is 12.6. The quantitative estimate of drug-likeness (QED) is 0.401. The number of imidazole rings is 1. The third-order valence-electron chi connectivity index (χ3n) is 4.44. The van der Waals surface area contributed by atoms with Crippen LogP contribution in [0.1, 0.15) is 17.4 Å². The first-order valence-corrected chi connectivity index (χ1v) is 9.30. The number of nitrogens with zero attached hydrogens (tertiary/aromatic N) is 1. The lowest BCUT2D eigenvalue weighted by Gasteiger charge is -2.18. The Balaban J connectivity index is 1.52. The number of hydrogen-bond acceptors (Lipinski definition) is 3. The molecule has 0 aliphatic carbocycles. The number of ether oxygens (including phenoxy) is 1. The fourth-order valence-corrected chi connectivity index (χ4v) is 3.10. The number of hydrogen-bond donors (Lipinski definition) is 3. The maximum Gasteiger partial charge on any atom is 0.573 e. The lowest BCUT2D eigenvalue weighted by Crippen LogP contribution is -2.33. The highest BCUT2D eigenvalue weighted by Crippen LogP contribution is 2.25. The molecule has 6 nitrogen and oxygen atoms in total. The number of urea groups is 1. The molecule has 4 aromatic rings. The van der Waals surface area contributed by atoms with Crippen LogP contribution >= 0.6 is 0 Å². The van der Waals surface area contributed by atoms with E-state index in [2.05, 4.69) is 25.3 Å². The molecule has 0 bridgehead atoms. The summed E-state index contributed by atoms with van der Waals surface area (Å²) in [5.41, 5.74) is 2.72. The standard InChI is InChI=1S/C22H17F3N4O2/c23-22(24,25)31-16-12-10-15(11-13-16)26-21(30)29-19(14-6-2-1-3-7-14)20-27-17-8-4-5-9-18(17)28-20/h1-13,19H,(H,27,28)(H2,26,29,30). The molecule has 0 saturated heterocycles. The van der Waals surface area contributed by atoms with Gasteiger partial charge < -0.3 is 20.4 Å². The minimum atomic E-state index is -4.78. The van der Waals surface area contributed by atoms with Gasteiger partial charge in [-0.1, -0.05) is 42.5 Å². The number of para-hydroxylation sites is 2. The van der Waals surface area contributed by atoms with Crippen molar-refractivity contribution in [2.45, 2.75) is 12.4 Å². The minimum Gasteiger partial charge on any atom is -0.406 e. The molecule has 31 heavy (non-hydrogen) atoms. The first-order chi connectivity index (χ1) is 14.9. The molecule has 9 heteroatoms. The molecular weight excluding hydrogens is 409 g/mol. The molecule has 0 spiro atoms. The SMILES string of the molecule is O=C(Nc1ccc(OC(F)(F)F)cc1)NC(c1ccccc1)c1nc2ccccc2[nH]1. The Kier molecular flexibility index (Phi) is 5.48. The molecule has 2 amide bonds. The number of fused-ring (bicyclic) bond motifs is 1. The van der Waals surface area contributed by atoms with E-state index >= 15 is 0 Å². The number of anilines is 1. The van der Waals surface area contributed by atoms with E-state index in [4.69, 9.17) is 0 Å². The van der Waals surface area contributed by atoms with Crippen molar-refractivity contribution in [2.24, 2.45) is 0 Å². The van der Waals surface area contributed by atoms with E-state index in [0.29, 0.717) is 11.5 Å². The van der Waals surface area contributed by atoms with E-state index in [1.807, 2.05) is 54.6 Å². The molecule has 3 aromatic carbocycles. The van der Waals surface area contributed by atoms with Crippen LogP contribution in [0.25, 0.3) is 11.0 Å². The van der Waals surface area contributed by atoms with E-state index in [1.165, 1.54) is 12.1 Å². The van der Waals surface area contributed by atoms with Gasteiger partial charge in [-0.25, -0.2) is 9.78 Å². The second-order valence-electron chi connectivity index (χ2n) is 6.65. The molecule has 0 saturated carbocycles. The molecule has 4 rings (SSSR count). The average Bonchev–Trinajstić information content (AvgIpc) is 3.17. The van der Waals surface area contributed by atoms with Crippen molar-refractivity contribution >= 4 is 22.8 Å². The van der Waals surface area contributed by atoms with Crippen LogP contribution in [0.5, 0.6) is 5.75 Å². The van der Waals surface area contributed by atoms with Crippen LogP contribution in [0.4, 0.5) is 23.7 Å². The molecule has 1 heterocycles. The van der Waals surface area contributed by atoms with E-state index in [1.54, 1.807) is 0 Å². The highest BCUT2D eigenvalue weighted by Gasteiger charge is 2.31. The van der Waals surface area contributed by atoms with Crippen LogP contribution in [0.3, 0.4) is 0 Å². The monoisotopic (exact) mass is 426 g/mol. The third kappa shape index (κ3) is 5.13. The molecule has 158 valence electrons. The van der Waals surface area contributed by atoms with Crippen molar-refractivity contribution < 1.29 is 22.7 Å². The summed E-state index contributed by atoms with van der Waals surface area (Å²) < 4.78 is 40.7. The Morgan fingerprint density at radius 3 is 2.29 bits per heavy atom. The lowest BCUT2D eigenvalue weighted by molar-refractivity contribution is -0.274. The van der Waals surface area contributed by atoms with Crippen molar-refractivity contribution in [1.82, 2.24) is 15.3 Å². The Labute approximate surface area is 175 Å². The van der Waals surface area contributed by atoms with Gasteiger partial charge in [0.05, 0.1) is 11.0 Å². The summed E-state index contributed by atoms with van der Waals surface area (Å²) in [6.45, 7) is 0. The zero-order valence-corrected chi connectivity index (χ0v) is 16.0. The summed E-state index contributed by atoms with van der Waals surface area (Å²) in [6, 6.07) is 20.6. The normalized spacial score (nSPS) is 12.4. The summed E-state index contributed by atoms with van der Waals surface area (Å²) in [7, 11) is 0. The van der Waals surface area contributed by atoms with E-state index in [0.717, 1.165) is 28.7 Å². The number of rotatable bonds is 5. The Morgan fingerprint density at radius 1 is 0.935 bits per heavy atom. The first kappa shape index (κ1) is 20.3. The first-order valence-electron chi connectivity index (χ1n) is 9.30. The molecule has 1 unspecified atom stereocenters. The zero-order valence-electron chi connectivity index (χ0n) is 16.0. The molecule has 0 aliphatic heterocycles. The number of nitrogens with one attached hydrogen (secondary N) is 3. The van der Waals surface area contributed by atoms with Crippen LogP contribution < -0.4 is 15.4 Å². The van der Waals surface area contributed by atoms with Gasteiger partial charge in [-0.15, -0.1) is 13.2 Å². The Morgan fingerprint density at radius 2 is 1.61 bits per heavy atom. The van der Waals surface area contributed by atoms with Gasteiger partial charge in [-0.2, -0.15) is 0 Å². The van der Waals surface area contributed by atoms with Crippen LogP contribution in [0, 0.1) is 0 Å². The summed E-state index contributed by atoms with van der Waals surface area (Å²) in [5.74, 6) is 0.180. The van der Waals surface area contributed by atoms with Gasteiger partial charge >= 0.3 is 12.4 Å². The Hall–Kier alpha value is -4.01. The number of alkyl halides is 3. The van der Waals surface area contributed by atoms with Gasteiger partial charge in [0.25, 0.3) is 0 Å². The van der Waals surface area contributed by atoms with E-state index < -0.39 is 18.4 Å². The number of carbonyl (C=O) groups is 1. The third-order valence-corrected chi connectivity index (χ3v) is 4.44. The lowest BCUT2D eigenvalue weighted by atomic mass is 10.1. The minimum absolute atomic E-state index is 0.309. The Bertz CT molecular complexity index is 1140. The van der Waals surface area contributed by atoms with E-state index in [9.17, 15) is 18.0 Å². The molecular formula is C22H17F3N4O2. The average molecular weight is 426 g/mol. The van der Waals surface area contributed by atoms with Crippen molar-refractivity contribution in [3.63, 3.8) is 0 Å². The van der Waals surface area contributed by atoms with E-state index in [-0.39, 0.29) is 5.75 Å². The molecule has 1 atom stereocenters. The van der Waals surface area contributed by atoms with Crippen molar-refractivity contribution in [1.29, 1.82) is 0 Å².